The molecule has 6 nitrogen and oxygen atoms in total. The van der Waals surface area contributed by atoms with Crippen molar-refractivity contribution in [3.8, 4) is 0 Å². The van der Waals surface area contributed by atoms with Crippen molar-refractivity contribution >= 4 is 11.9 Å². The number of nitrogens with zero attached hydrogens (tertiary/aromatic N) is 3. The van der Waals surface area contributed by atoms with Crippen molar-refractivity contribution in [2.24, 2.45) is 0 Å². The van der Waals surface area contributed by atoms with Gasteiger partial charge in [0.25, 0.3) is 0 Å². The summed E-state index contributed by atoms with van der Waals surface area (Å²) >= 11 is 0. The smallest absolute Gasteiger partial charge is 0.339 e. The fraction of sp³-hybridized carbons (Fsp3) is 0.615. The first kappa shape index (κ1) is 12.3. The molecule has 1 saturated carbocycles. The van der Waals surface area contributed by atoms with Crippen LogP contribution in [0.4, 0.5) is 5.95 Å². The average molecular weight is 263 g/mol. The highest BCUT2D eigenvalue weighted by Gasteiger charge is 2.28. The Morgan fingerprint density at radius 1 is 1.37 bits per heavy atom. The molecular formula is C13H17N3O3. The molecule has 1 aliphatic heterocycles. The highest BCUT2D eigenvalue weighted by atomic mass is 16.5. The standard InChI is InChI=1S/C13H17N3O3/c17-12(18)10-8-14-13(16-4-6-19-7-5-16)15-11(10)9-2-1-3-9/h8-9H,1-7H2,(H,17,18). The molecule has 0 bridgehead atoms. The third-order valence-electron chi connectivity index (χ3n) is 3.82. The number of aromatic carboxylic acids is 1. The lowest BCUT2D eigenvalue weighted by Crippen LogP contribution is -2.37. The molecule has 0 amide bonds. The topological polar surface area (TPSA) is 75.5 Å². The molecule has 2 heterocycles. The summed E-state index contributed by atoms with van der Waals surface area (Å²) in [6.07, 6.45) is 4.66. The molecule has 1 aromatic heterocycles. The molecule has 0 aromatic carbocycles. The molecule has 0 spiro atoms. The van der Waals surface area contributed by atoms with Gasteiger partial charge in [0.05, 0.1) is 24.5 Å². The lowest BCUT2D eigenvalue weighted by atomic mass is 9.81. The van der Waals surface area contributed by atoms with Crippen molar-refractivity contribution in [2.75, 3.05) is 31.2 Å². The summed E-state index contributed by atoms with van der Waals surface area (Å²) in [7, 11) is 0. The van der Waals surface area contributed by atoms with Crippen molar-refractivity contribution in [1.29, 1.82) is 0 Å². The Hall–Kier alpha value is -1.69. The van der Waals surface area contributed by atoms with Crippen LogP contribution in [-0.2, 0) is 4.74 Å². The molecule has 1 N–H and O–H groups in total. The molecule has 0 radical (unpaired) electrons. The number of aromatic nitrogens is 2. The number of anilines is 1. The van der Waals surface area contributed by atoms with Gasteiger partial charge in [-0.1, -0.05) is 6.42 Å². The van der Waals surface area contributed by atoms with E-state index in [-0.39, 0.29) is 11.5 Å². The first-order valence-corrected chi connectivity index (χ1v) is 6.68. The highest BCUT2D eigenvalue weighted by Crippen LogP contribution is 2.37. The van der Waals surface area contributed by atoms with Crippen LogP contribution in [0.3, 0.4) is 0 Å². The van der Waals surface area contributed by atoms with E-state index in [0.29, 0.717) is 24.9 Å². The summed E-state index contributed by atoms with van der Waals surface area (Å²) in [6.45, 7) is 2.86. The molecule has 1 saturated heterocycles. The van der Waals surface area contributed by atoms with Crippen molar-refractivity contribution in [2.45, 2.75) is 25.2 Å². The zero-order chi connectivity index (χ0) is 13.2. The molecule has 2 aliphatic rings. The molecule has 0 unspecified atom stereocenters. The zero-order valence-corrected chi connectivity index (χ0v) is 10.7. The largest absolute Gasteiger partial charge is 0.478 e. The van der Waals surface area contributed by atoms with Crippen LogP contribution in [0, 0.1) is 0 Å². The van der Waals surface area contributed by atoms with E-state index in [2.05, 4.69) is 14.9 Å². The van der Waals surface area contributed by atoms with Crippen LogP contribution in [0.1, 0.15) is 41.2 Å². The molecule has 2 fully saturated rings. The van der Waals surface area contributed by atoms with Gasteiger partial charge in [-0.15, -0.1) is 0 Å². The third-order valence-corrected chi connectivity index (χ3v) is 3.82. The quantitative estimate of drug-likeness (QED) is 0.885. The zero-order valence-electron chi connectivity index (χ0n) is 10.7. The van der Waals surface area contributed by atoms with Gasteiger partial charge in [0.2, 0.25) is 5.95 Å². The minimum atomic E-state index is -0.935. The van der Waals surface area contributed by atoms with Crippen LogP contribution in [0.15, 0.2) is 6.20 Å². The van der Waals surface area contributed by atoms with E-state index in [1.807, 2.05) is 0 Å². The fourth-order valence-corrected chi connectivity index (χ4v) is 2.46. The van der Waals surface area contributed by atoms with E-state index in [9.17, 15) is 9.90 Å². The van der Waals surface area contributed by atoms with Gasteiger partial charge in [-0.2, -0.15) is 0 Å². The monoisotopic (exact) mass is 263 g/mol. The van der Waals surface area contributed by atoms with Gasteiger partial charge in [0.15, 0.2) is 0 Å². The second-order valence-electron chi connectivity index (χ2n) is 5.00. The average Bonchev–Trinajstić information content (AvgIpc) is 2.37. The van der Waals surface area contributed by atoms with Crippen LogP contribution < -0.4 is 4.90 Å². The Labute approximate surface area is 111 Å². The van der Waals surface area contributed by atoms with Gasteiger partial charge >= 0.3 is 5.97 Å². The van der Waals surface area contributed by atoms with Crippen LogP contribution >= 0.6 is 0 Å². The van der Waals surface area contributed by atoms with Crippen LogP contribution in [0.2, 0.25) is 0 Å². The van der Waals surface area contributed by atoms with E-state index in [0.717, 1.165) is 32.4 Å². The van der Waals surface area contributed by atoms with Gasteiger partial charge in [0, 0.05) is 25.2 Å². The molecular weight excluding hydrogens is 246 g/mol. The maximum atomic E-state index is 11.2. The number of carboxylic acids is 1. The fourth-order valence-electron chi connectivity index (χ4n) is 2.46. The maximum absolute atomic E-state index is 11.2. The summed E-state index contributed by atoms with van der Waals surface area (Å²) in [5.41, 5.74) is 0.956. The first-order valence-electron chi connectivity index (χ1n) is 6.68. The molecule has 102 valence electrons. The van der Waals surface area contributed by atoms with Gasteiger partial charge in [-0.25, -0.2) is 14.8 Å². The molecule has 1 aliphatic carbocycles. The van der Waals surface area contributed by atoms with E-state index in [4.69, 9.17) is 4.74 Å². The Kier molecular flexibility index (Phi) is 3.33. The van der Waals surface area contributed by atoms with Crippen molar-refractivity contribution in [1.82, 2.24) is 9.97 Å². The Morgan fingerprint density at radius 2 is 2.11 bits per heavy atom. The van der Waals surface area contributed by atoms with Crippen LogP contribution in [0.25, 0.3) is 0 Å². The number of carbonyl (C=O) groups is 1. The lowest BCUT2D eigenvalue weighted by molar-refractivity contribution is 0.0693. The minimum Gasteiger partial charge on any atom is -0.478 e. The second-order valence-corrected chi connectivity index (χ2v) is 5.00. The number of morpholine rings is 1. The number of ether oxygens (including phenoxy) is 1. The van der Waals surface area contributed by atoms with Crippen LogP contribution in [0.5, 0.6) is 0 Å². The summed E-state index contributed by atoms with van der Waals surface area (Å²) in [5, 5.41) is 9.22. The molecule has 3 rings (SSSR count). The Bertz CT molecular complexity index is 482. The number of hydrogen-bond acceptors (Lipinski definition) is 5. The Morgan fingerprint density at radius 3 is 2.68 bits per heavy atom. The number of hydrogen-bond donors (Lipinski definition) is 1. The SMILES string of the molecule is O=C(O)c1cnc(N2CCOCC2)nc1C1CCC1. The lowest BCUT2D eigenvalue weighted by Gasteiger charge is -2.30. The van der Waals surface area contributed by atoms with Crippen LogP contribution in [-0.4, -0.2) is 47.3 Å². The summed E-state index contributed by atoms with van der Waals surface area (Å²) < 4.78 is 5.30. The number of carboxylic acid groups (broad SMARTS) is 1. The molecule has 1 aromatic rings. The van der Waals surface area contributed by atoms with E-state index >= 15 is 0 Å². The van der Waals surface area contributed by atoms with E-state index in [1.54, 1.807) is 0 Å². The number of rotatable bonds is 3. The summed E-state index contributed by atoms with van der Waals surface area (Å²) in [4.78, 5) is 22.0. The predicted molar refractivity (Wildman–Crippen MR) is 68.6 cm³/mol. The normalized spacial score (nSPS) is 20.1. The van der Waals surface area contributed by atoms with Gasteiger partial charge in [-0.05, 0) is 12.8 Å². The van der Waals surface area contributed by atoms with E-state index < -0.39 is 5.97 Å². The first-order chi connectivity index (χ1) is 9.25. The maximum Gasteiger partial charge on any atom is 0.339 e. The van der Waals surface area contributed by atoms with Crippen molar-refractivity contribution in [3.63, 3.8) is 0 Å². The minimum absolute atomic E-state index is 0.252. The summed E-state index contributed by atoms with van der Waals surface area (Å²) in [6, 6.07) is 0. The van der Waals surface area contributed by atoms with Gasteiger partial charge < -0.3 is 14.7 Å². The highest BCUT2D eigenvalue weighted by molar-refractivity contribution is 5.88. The molecule has 19 heavy (non-hydrogen) atoms. The summed E-state index contributed by atoms with van der Waals surface area (Å²) in [5.74, 6) is -0.0143. The van der Waals surface area contributed by atoms with Gasteiger partial charge in [-0.3, -0.25) is 0 Å². The second kappa shape index (κ2) is 5.13. The van der Waals surface area contributed by atoms with Crippen molar-refractivity contribution in [3.05, 3.63) is 17.5 Å². The van der Waals surface area contributed by atoms with Gasteiger partial charge in [0.1, 0.15) is 0 Å². The van der Waals surface area contributed by atoms with E-state index in [1.165, 1.54) is 6.20 Å². The van der Waals surface area contributed by atoms with Crippen molar-refractivity contribution < 1.29 is 14.6 Å². The third kappa shape index (κ3) is 2.40. The predicted octanol–water partition coefficient (Wildman–Crippen LogP) is 1.28. The Balaban J connectivity index is 1.91. The molecule has 6 heteroatoms. The molecule has 0 atom stereocenters.